The lowest BCUT2D eigenvalue weighted by molar-refractivity contribution is -0.0898. The zero-order valence-electron chi connectivity index (χ0n) is 24.8. The molecule has 0 bridgehead atoms. The summed E-state index contributed by atoms with van der Waals surface area (Å²) in [7, 11) is 0. The molecular weight excluding hydrogens is 554 g/mol. The number of ether oxygens (including phenoxy) is 5. The van der Waals surface area contributed by atoms with Gasteiger partial charge in [-0.2, -0.15) is 0 Å². The Hall–Kier alpha value is -4.27. The molecule has 4 atom stereocenters. The topological polar surface area (TPSA) is 79.0 Å². The molecule has 0 radical (unpaired) electrons. The van der Waals surface area contributed by atoms with Crippen LogP contribution >= 0.6 is 0 Å². The van der Waals surface area contributed by atoms with Crippen LogP contribution in [0.15, 0.2) is 115 Å². The fourth-order valence-electron chi connectivity index (χ4n) is 5.70. The van der Waals surface area contributed by atoms with Gasteiger partial charge < -0.3 is 28.7 Å². The normalized spacial score (nSPS) is 19.8. The first kappa shape index (κ1) is 29.8. The Kier molecular flexibility index (Phi) is 9.79. The molecule has 6 rings (SSSR count). The van der Waals surface area contributed by atoms with Crippen LogP contribution < -0.4 is 0 Å². The van der Waals surface area contributed by atoms with Crippen molar-refractivity contribution in [1.82, 2.24) is 4.98 Å². The quantitative estimate of drug-likeness (QED) is 0.146. The van der Waals surface area contributed by atoms with E-state index in [4.69, 9.17) is 23.7 Å². The monoisotopic (exact) mass is 591 g/mol. The minimum Gasteiger partial charge on any atom is -0.461 e. The Morgan fingerprint density at radius 3 is 1.86 bits per heavy atom. The average Bonchev–Trinajstić information content (AvgIpc) is 3.62. The van der Waals surface area contributed by atoms with Crippen molar-refractivity contribution in [2.75, 3.05) is 13.2 Å². The Morgan fingerprint density at radius 1 is 0.705 bits per heavy atom. The van der Waals surface area contributed by atoms with E-state index < -0.39 is 30.4 Å². The second kappa shape index (κ2) is 14.5. The van der Waals surface area contributed by atoms with Crippen molar-refractivity contribution >= 4 is 16.9 Å². The third kappa shape index (κ3) is 6.93. The largest absolute Gasteiger partial charge is 0.461 e. The Labute approximate surface area is 257 Å². The van der Waals surface area contributed by atoms with Gasteiger partial charge in [0.15, 0.2) is 0 Å². The van der Waals surface area contributed by atoms with E-state index in [1.807, 2.05) is 115 Å². The number of hydrogen-bond donors (Lipinski definition) is 1. The summed E-state index contributed by atoms with van der Waals surface area (Å²) in [4.78, 5) is 16.6. The van der Waals surface area contributed by atoms with Gasteiger partial charge in [-0.3, -0.25) is 0 Å². The van der Waals surface area contributed by atoms with Crippen LogP contribution in [0.4, 0.5) is 0 Å². The predicted molar refractivity (Wildman–Crippen MR) is 168 cm³/mol. The van der Waals surface area contributed by atoms with Crippen LogP contribution in [0.3, 0.4) is 0 Å². The highest BCUT2D eigenvalue weighted by Crippen LogP contribution is 2.43. The van der Waals surface area contributed by atoms with Gasteiger partial charge >= 0.3 is 5.97 Å². The van der Waals surface area contributed by atoms with E-state index in [0.29, 0.717) is 31.1 Å². The molecule has 2 heterocycles. The number of para-hydroxylation sites is 1. The molecule has 1 fully saturated rings. The number of benzene rings is 4. The minimum atomic E-state index is -0.625. The van der Waals surface area contributed by atoms with E-state index in [1.165, 1.54) is 0 Å². The number of esters is 1. The molecule has 4 aromatic carbocycles. The Morgan fingerprint density at radius 2 is 1.25 bits per heavy atom. The lowest BCUT2D eigenvalue weighted by Gasteiger charge is -2.25. The molecule has 7 heteroatoms. The van der Waals surface area contributed by atoms with Crippen molar-refractivity contribution in [1.29, 1.82) is 0 Å². The summed E-state index contributed by atoms with van der Waals surface area (Å²) in [6, 6.07) is 37.9. The van der Waals surface area contributed by atoms with E-state index in [0.717, 1.165) is 27.6 Å². The zero-order chi connectivity index (χ0) is 30.1. The number of aromatic amines is 1. The van der Waals surface area contributed by atoms with E-state index in [-0.39, 0.29) is 13.2 Å². The Balaban J connectivity index is 1.36. The second-order valence-electron chi connectivity index (χ2n) is 10.8. The van der Waals surface area contributed by atoms with Gasteiger partial charge in [-0.25, -0.2) is 4.79 Å². The molecule has 7 nitrogen and oxygen atoms in total. The highest BCUT2D eigenvalue weighted by molar-refractivity contribution is 5.98. The number of hydrogen-bond acceptors (Lipinski definition) is 6. The van der Waals surface area contributed by atoms with Gasteiger partial charge in [0.2, 0.25) is 0 Å². The SMILES string of the molecule is CCOC(=O)c1[nH]c2ccccc2c1C1O[C@H](COCc2ccccc2)[C@@H](OCc2ccccc2)[C@H]1OCc1ccccc1. The van der Waals surface area contributed by atoms with Crippen LogP contribution in [0.1, 0.15) is 45.8 Å². The first-order chi connectivity index (χ1) is 21.7. The molecule has 5 aromatic rings. The van der Waals surface area contributed by atoms with Gasteiger partial charge in [0, 0.05) is 16.5 Å². The predicted octanol–water partition coefficient (Wildman–Crippen LogP) is 7.17. The van der Waals surface area contributed by atoms with Crippen LogP contribution in [-0.4, -0.2) is 42.5 Å². The van der Waals surface area contributed by atoms with E-state index in [1.54, 1.807) is 6.92 Å². The molecule has 1 saturated heterocycles. The summed E-state index contributed by atoms with van der Waals surface area (Å²) in [5.74, 6) is -0.436. The number of fused-ring (bicyclic) bond motifs is 1. The van der Waals surface area contributed by atoms with Gasteiger partial charge in [-0.15, -0.1) is 0 Å². The fraction of sp³-hybridized carbons (Fsp3) is 0.270. The van der Waals surface area contributed by atoms with E-state index in [2.05, 4.69) is 4.98 Å². The average molecular weight is 592 g/mol. The molecule has 1 N–H and O–H groups in total. The number of H-pyrrole nitrogens is 1. The summed E-state index contributed by atoms with van der Waals surface area (Å²) in [6.07, 6.45) is -2.11. The van der Waals surface area contributed by atoms with Gasteiger partial charge in [0.1, 0.15) is 30.1 Å². The van der Waals surface area contributed by atoms with Crippen molar-refractivity contribution in [3.63, 3.8) is 0 Å². The maximum absolute atomic E-state index is 13.3. The van der Waals surface area contributed by atoms with Crippen LogP contribution in [0.5, 0.6) is 0 Å². The number of nitrogens with one attached hydrogen (secondary N) is 1. The van der Waals surface area contributed by atoms with Gasteiger partial charge in [0.25, 0.3) is 0 Å². The summed E-state index contributed by atoms with van der Waals surface area (Å²) in [5, 5.41) is 0.876. The van der Waals surface area contributed by atoms with Gasteiger partial charge in [0.05, 0.1) is 33.0 Å². The summed E-state index contributed by atoms with van der Waals surface area (Å²) >= 11 is 0. The molecule has 1 unspecified atom stereocenters. The second-order valence-corrected chi connectivity index (χ2v) is 10.8. The summed E-state index contributed by atoms with van der Waals surface area (Å²) in [6.45, 7) is 3.50. The molecule has 44 heavy (non-hydrogen) atoms. The maximum atomic E-state index is 13.3. The number of carbonyl (C=O) groups is 1. The molecule has 0 aliphatic carbocycles. The molecule has 0 saturated carbocycles. The maximum Gasteiger partial charge on any atom is 0.355 e. The molecule has 1 aromatic heterocycles. The molecule has 0 amide bonds. The van der Waals surface area contributed by atoms with E-state index in [9.17, 15) is 4.79 Å². The molecular formula is C37H37NO6. The van der Waals surface area contributed by atoms with Crippen LogP contribution in [0, 0.1) is 0 Å². The van der Waals surface area contributed by atoms with Crippen LogP contribution in [0.25, 0.3) is 10.9 Å². The lowest BCUT2D eigenvalue weighted by Crippen LogP contribution is -2.38. The number of rotatable bonds is 13. The van der Waals surface area contributed by atoms with Crippen molar-refractivity contribution in [3.8, 4) is 0 Å². The highest BCUT2D eigenvalue weighted by atomic mass is 16.6. The summed E-state index contributed by atoms with van der Waals surface area (Å²) in [5.41, 5.74) is 5.03. The molecule has 226 valence electrons. The smallest absolute Gasteiger partial charge is 0.355 e. The van der Waals surface area contributed by atoms with Crippen LogP contribution in [-0.2, 0) is 43.5 Å². The van der Waals surface area contributed by atoms with Gasteiger partial charge in [-0.05, 0) is 29.7 Å². The fourth-order valence-corrected chi connectivity index (χ4v) is 5.70. The van der Waals surface area contributed by atoms with Crippen molar-refractivity contribution in [2.24, 2.45) is 0 Å². The third-order valence-corrected chi connectivity index (χ3v) is 7.78. The van der Waals surface area contributed by atoms with E-state index >= 15 is 0 Å². The first-order valence-electron chi connectivity index (χ1n) is 15.1. The number of aromatic nitrogens is 1. The standard InChI is InChI=1S/C37H37NO6/c1-2-41-37(39)33-32(29-20-12-13-21-30(29)38-33)35-36(43-24-28-18-10-5-11-19-28)34(42-23-27-16-8-4-9-17-27)31(44-35)25-40-22-26-14-6-3-7-15-26/h3-21,31,34-36,38H,2,22-25H2,1H3/t31-,34-,35?,36-/m1/s1. The molecule has 0 spiro atoms. The molecule has 1 aliphatic heterocycles. The van der Waals surface area contributed by atoms with Gasteiger partial charge in [-0.1, -0.05) is 109 Å². The highest BCUT2D eigenvalue weighted by Gasteiger charge is 2.49. The van der Waals surface area contributed by atoms with Crippen molar-refractivity contribution < 1.29 is 28.5 Å². The number of carbonyl (C=O) groups excluding carboxylic acids is 1. The first-order valence-corrected chi connectivity index (χ1v) is 15.1. The van der Waals surface area contributed by atoms with Crippen molar-refractivity contribution in [2.45, 2.75) is 51.2 Å². The third-order valence-electron chi connectivity index (χ3n) is 7.78. The zero-order valence-corrected chi connectivity index (χ0v) is 24.8. The van der Waals surface area contributed by atoms with Crippen molar-refractivity contribution in [3.05, 3.63) is 143 Å². The Bertz CT molecular complexity index is 1620. The lowest BCUT2D eigenvalue weighted by atomic mass is 9.98. The van der Waals surface area contributed by atoms with Crippen LogP contribution in [0.2, 0.25) is 0 Å². The summed E-state index contributed by atoms with van der Waals surface area (Å²) < 4.78 is 31.8. The minimum absolute atomic E-state index is 0.256. The molecule has 1 aliphatic rings.